The minimum Gasteiger partial charge on any atom is -0.392 e. The molecule has 0 saturated heterocycles. The predicted octanol–water partition coefficient (Wildman–Crippen LogP) is 4.04. The van der Waals surface area contributed by atoms with Crippen LogP contribution < -0.4 is 4.72 Å². The van der Waals surface area contributed by atoms with Crippen LogP contribution in [0.2, 0.25) is 0 Å². The molecule has 0 fully saturated rings. The Morgan fingerprint density at radius 2 is 1.58 bits per heavy atom. The highest BCUT2D eigenvalue weighted by Crippen LogP contribution is 2.27. The maximum absolute atomic E-state index is 12.8. The van der Waals surface area contributed by atoms with Crippen molar-refractivity contribution in [2.45, 2.75) is 30.5 Å². The quantitative estimate of drug-likeness (QED) is 0.487. The second kappa shape index (κ2) is 10.3. The number of hydrogen-bond donors (Lipinski definition) is 2. The van der Waals surface area contributed by atoms with Gasteiger partial charge in [-0.05, 0) is 39.9 Å². The van der Waals surface area contributed by atoms with Gasteiger partial charge in [-0.2, -0.15) is 13.2 Å². The molecule has 3 aromatic rings. The van der Waals surface area contributed by atoms with Gasteiger partial charge in [0.25, 0.3) is 0 Å². The summed E-state index contributed by atoms with van der Waals surface area (Å²) in [6.45, 7) is -1.85. The fourth-order valence-corrected chi connectivity index (χ4v) is 4.45. The SMILES string of the molecule is O=C(Cc1cccc(CO)c1)Cc1cc(S(=O)(=O)NCC(F)(F)F)ccc1-c1ccccc1. The standard InChI is InChI=1S/C24H22F3NO4S/c25-24(26,27)16-28-33(31,32)22-9-10-23(19-7-2-1-3-8-19)20(14-22)13-21(30)12-17-5-4-6-18(11-17)15-29/h1-11,14,28-29H,12-13,15-16H2. The van der Waals surface area contributed by atoms with Crippen LogP contribution >= 0.6 is 0 Å². The number of nitrogens with one attached hydrogen (secondary N) is 1. The zero-order chi connectivity index (χ0) is 24.1. The van der Waals surface area contributed by atoms with E-state index in [1.807, 2.05) is 6.07 Å². The number of sulfonamides is 1. The maximum atomic E-state index is 12.8. The minimum absolute atomic E-state index is 0.0609. The Hall–Kier alpha value is -3.01. The van der Waals surface area contributed by atoms with Crippen molar-refractivity contribution < 1.29 is 31.5 Å². The Kier molecular flexibility index (Phi) is 7.68. The first kappa shape index (κ1) is 24.6. The van der Waals surface area contributed by atoms with Crippen LogP contribution in [-0.2, 0) is 34.3 Å². The number of aliphatic hydroxyl groups excluding tert-OH is 1. The summed E-state index contributed by atoms with van der Waals surface area (Å²) in [4.78, 5) is 12.5. The lowest BCUT2D eigenvalue weighted by molar-refractivity contribution is -0.121. The summed E-state index contributed by atoms with van der Waals surface area (Å²) in [6, 6.07) is 19.8. The van der Waals surface area contributed by atoms with Crippen LogP contribution in [0.1, 0.15) is 16.7 Å². The second-order valence-corrected chi connectivity index (χ2v) is 9.26. The van der Waals surface area contributed by atoms with Gasteiger partial charge in [0.15, 0.2) is 0 Å². The highest BCUT2D eigenvalue weighted by Gasteiger charge is 2.30. The van der Waals surface area contributed by atoms with Gasteiger partial charge >= 0.3 is 6.18 Å². The number of alkyl halides is 3. The van der Waals surface area contributed by atoms with Gasteiger partial charge in [-0.15, -0.1) is 0 Å². The highest BCUT2D eigenvalue weighted by molar-refractivity contribution is 7.89. The summed E-state index contributed by atoms with van der Waals surface area (Å²) >= 11 is 0. The molecule has 0 saturated carbocycles. The fraction of sp³-hybridized carbons (Fsp3) is 0.208. The van der Waals surface area contributed by atoms with Crippen molar-refractivity contribution in [2.75, 3.05) is 6.54 Å². The molecule has 3 aromatic carbocycles. The Morgan fingerprint density at radius 3 is 2.24 bits per heavy atom. The van der Waals surface area contributed by atoms with Crippen LogP contribution in [0.5, 0.6) is 0 Å². The van der Waals surface area contributed by atoms with Crippen LogP contribution in [-0.4, -0.2) is 32.0 Å². The van der Waals surface area contributed by atoms with Crippen LogP contribution in [0.25, 0.3) is 11.1 Å². The first-order valence-corrected chi connectivity index (χ1v) is 11.5. The van der Waals surface area contributed by atoms with E-state index < -0.39 is 22.7 Å². The van der Waals surface area contributed by atoms with Crippen molar-refractivity contribution in [3.8, 4) is 11.1 Å². The molecule has 0 amide bonds. The zero-order valence-electron chi connectivity index (χ0n) is 17.5. The molecule has 0 aromatic heterocycles. The number of carbonyl (C=O) groups excluding carboxylic acids is 1. The number of carbonyl (C=O) groups is 1. The number of hydrogen-bond acceptors (Lipinski definition) is 4. The first-order valence-electron chi connectivity index (χ1n) is 10.0. The van der Waals surface area contributed by atoms with E-state index in [0.717, 1.165) is 5.56 Å². The van der Waals surface area contributed by atoms with E-state index in [9.17, 15) is 31.5 Å². The van der Waals surface area contributed by atoms with Crippen LogP contribution in [0.3, 0.4) is 0 Å². The largest absolute Gasteiger partial charge is 0.402 e. The molecular formula is C24H22F3NO4S. The second-order valence-electron chi connectivity index (χ2n) is 7.50. The summed E-state index contributed by atoms with van der Waals surface area (Å²) in [5, 5.41) is 9.28. The van der Waals surface area contributed by atoms with E-state index in [4.69, 9.17) is 0 Å². The summed E-state index contributed by atoms with van der Waals surface area (Å²) < 4.78 is 63.9. The number of benzene rings is 3. The fourth-order valence-electron chi connectivity index (χ4n) is 3.38. The molecule has 3 rings (SSSR count). The average molecular weight is 478 g/mol. The van der Waals surface area contributed by atoms with Gasteiger partial charge in [-0.1, -0.05) is 60.7 Å². The van der Waals surface area contributed by atoms with Gasteiger partial charge in [-0.3, -0.25) is 4.79 Å². The molecule has 0 heterocycles. The lowest BCUT2D eigenvalue weighted by Gasteiger charge is -2.14. The third-order valence-electron chi connectivity index (χ3n) is 4.90. The highest BCUT2D eigenvalue weighted by atomic mass is 32.2. The number of ketones is 1. The van der Waals surface area contributed by atoms with Crippen LogP contribution in [0, 0.1) is 0 Å². The van der Waals surface area contributed by atoms with Gasteiger partial charge in [0.1, 0.15) is 12.3 Å². The molecule has 0 bridgehead atoms. The van der Waals surface area contributed by atoms with Crippen molar-refractivity contribution in [1.29, 1.82) is 0 Å². The van der Waals surface area contributed by atoms with E-state index in [1.54, 1.807) is 53.3 Å². The summed E-state index contributed by atoms with van der Waals surface area (Å²) in [7, 11) is -4.43. The van der Waals surface area contributed by atoms with Crippen LogP contribution in [0.15, 0.2) is 77.7 Å². The molecule has 9 heteroatoms. The molecule has 174 valence electrons. The smallest absolute Gasteiger partial charge is 0.392 e. The lowest BCUT2D eigenvalue weighted by atomic mass is 9.94. The Balaban J connectivity index is 1.92. The molecule has 5 nitrogen and oxygen atoms in total. The van der Waals surface area contributed by atoms with Crippen molar-refractivity contribution in [1.82, 2.24) is 4.72 Å². The average Bonchev–Trinajstić information content (AvgIpc) is 2.78. The van der Waals surface area contributed by atoms with Crippen molar-refractivity contribution in [3.63, 3.8) is 0 Å². The molecule has 33 heavy (non-hydrogen) atoms. The molecule has 0 unspecified atom stereocenters. The third kappa shape index (κ3) is 6.98. The number of aliphatic hydroxyl groups is 1. The van der Waals surface area contributed by atoms with E-state index >= 15 is 0 Å². The van der Waals surface area contributed by atoms with E-state index in [0.29, 0.717) is 22.3 Å². The molecule has 0 aliphatic heterocycles. The third-order valence-corrected chi connectivity index (χ3v) is 6.30. The number of halogens is 3. The first-order chi connectivity index (χ1) is 15.6. The molecule has 0 radical (unpaired) electrons. The van der Waals surface area contributed by atoms with Crippen LogP contribution in [0.4, 0.5) is 13.2 Å². The van der Waals surface area contributed by atoms with Crippen molar-refractivity contribution >= 4 is 15.8 Å². The predicted molar refractivity (Wildman–Crippen MR) is 118 cm³/mol. The monoisotopic (exact) mass is 477 g/mol. The Labute approximate surface area is 189 Å². The number of Topliss-reactive ketones (excluding diaryl/α,β-unsaturated/α-hetero) is 1. The summed E-state index contributed by atoms with van der Waals surface area (Å²) in [6.07, 6.45) is -4.75. The Bertz CT molecular complexity index is 1230. The van der Waals surface area contributed by atoms with Crippen molar-refractivity contribution in [2.24, 2.45) is 0 Å². The van der Waals surface area contributed by atoms with Gasteiger partial charge < -0.3 is 5.11 Å². The van der Waals surface area contributed by atoms with Crippen molar-refractivity contribution in [3.05, 3.63) is 89.5 Å². The van der Waals surface area contributed by atoms with E-state index in [1.165, 1.54) is 18.2 Å². The maximum Gasteiger partial charge on any atom is 0.402 e. The summed E-state index contributed by atoms with van der Waals surface area (Å²) in [5.74, 6) is -0.208. The van der Waals surface area contributed by atoms with E-state index in [2.05, 4.69) is 0 Å². The van der Waals surface area contributed by atoms with Gasteiger partial charge in [0, 0.05) is 12.8 Å². The Morgan fingerprint density at radius 1 is 0.879 bits per heavy atom. The molecule has 0 atom stereocenters. The zero-order valence-corrected chi connectivity index (χ0v) is 18.3. The molecule has 0 aliphatic rings. The number of rotatable bonds is 9. The van der Waals surface area contributed by atoms with Gasteiger partial charge in [-0.25, -0.2) is 13.1 Å². The van der Waals surface area contributed by atoms with E-state index in [-0.39, 0.29) is 30.1 Å². The lowest BCUT2D eigenvalue weighted by Crippen LogP contribution is -2.33. The minimum atomic E-state index is -4.70. The molecule has 2 N–H and O–H groups in total. The summed E-state index contributed by atoms with van der Waals surface area (Å²) in [5.41, 5.74) is 3.11. The van der Waals surface area contributed by atoms with Gasteiger partial charge in [0.05, 0.1) is 11.5 Å². The normalized spacial score (nSPS) is 12.0. The van der Waals surface area contributed by atoms with Gasteiger partial charge in [0.2, 0.25) is 10.0 Å². The molecular weight excluding hydrogens is 455 g/mol. The molecule has 0 aliphatic carbocycles. The topological polar surface area (TPSA) is 83.5 Å². The molecule has 0 spiro atoms.